The van der Waals surface area contributed by atoms with Gasteiger partial charge >= 0.3 is 6.03 Å². The number of carbonyl (C=O) groups is 2. The lowest BCUT2D eigenvalue weighted by atomic mass is 10.0. The largest absolute Gasteiger partial charge is 0.497 e. The Morgan fingerprint density at radius 3 is 2.74 bits per heavy atom. The van der Waals surface area contributed by atoms with E-state index in [0.29, 0.717) is 50.1 Å². The van der Waals surface area contributed by atoms with Crippen molar-refractivity contribution in [3.8, 4) is 22.9 Å². The molecule has 0 radical (unpaired) electrons. The van der Waals surface area contributed by atoms with E-state index in [0.717, 1.165) is 0 Å². The van der Waals surface area contributed by atoms with Gasteiger partial charge in [0, 0.05) is 30.9 Å². The lowest BCUT2D eigenvalue weighted by Gasteiger charge is -2.34. The van der Waals surface area contributed by atoms with Gasteiger partial charge in [0.15, 0.2) is 0 Å². The van der Waals surface area contributed by atoms with Crippen LogP contribution in [0.25, 0.3) is 11.3 Å². The molecule has 2 aliphatic heterocycles. The second kappa shape index (κ2) is 11.8. The summed E-state index contributed by atoms with van der Waals surface area (Å²) < 4.78 is 32.5. The van der Waals surface area contributed by atoms with Crippen molar-refractivity contribution in [1.82, 2.24) is 19.9 Å². The predicted molar refractivity (Wildman–Crippen MR) is 155 cm³/mol. The van der Waals surface area contributed by atoms with Crippen LogP contribution < -0.4 is 25.0 Å². The van der Waals surface area contributed by atoms with Crippen molar-refractivity contribution in [1.29, 1.82) is 0 Å². The number of likely N-dealkylation sites (N-methyl/N-ethyl adjacent to an activating group) is 1. The molecular formula is C29H34FN7O5. The molecule has 0 saturated carbocycles. The highest BCUT2D eigenvalue weighted by Gasteiger charge is 2.38. The summed E-state index contributed by atoms with van der Waals surface area (Å²) in [5, 5.41) is 5.04. The standard InChI is InChI=1S/C29H34FN7O5/c1-6-36-16-29(3,4)42-25-23(26(36)38)24(34-27(35-25)37-11-12-41-15-17(37)2)18-7-8-21(20(30)13-18)32-28(39)33-22-14-19(40-5)9-10-31-22/h7-10,13-14,17H,6,11-12,15-16H2,1-5H3,(H2,31,32,33,39). The van der Waals surface area contributed by atoms with Gasteiger partial charge in [-0.1, -0.05) is 6.07 Å². The smallest absolute Gasteiger partial charge is 0.324 e. The van der Waals surface area contributed by atoms with Gasteiger partial charge in [0.2, 0.25) is 11.8 Å². The molecule has 0 bridgehead atoms. The van der Waals surface area contributed by atoms with Crippen LogP contribution in [0.2, 0.25) is 0 Å². The van der Waals surface area contributed by atoms with Crippen LogP contribution in [0.5, 0.6) is 11.6 Å². The quantitative estimate of drug-likeness (QED) is 0.441. The second-order valence-electron chi connectivity index (χ2n) is 10.7. The van der Waals surface area contributed by atoms with E-state index in [1.165, 1.54) is 31.5 Å². The molecule has 2 aliphatic rings. The van der Waals surface area contributed by atoms with Gasteiger partial charge in [-0.05, 0) is 45.9 Å². The number of nitrogens with one attached hydrogen (secondary N) is 2. The zero-order valence-corrected chi connectivity index (χ0v) is 24.2. The normalized spacial score (nSPS) is 18.0. The molecule has 1 saturated heterocycles. The monoisotopic (exact) mass is 579 g/mol. The minimum absolute atomic E-state index is 0.0211. The Labute approximate surface area is 243 Å². The molecule has 0 spiro atoms. The Kier molecular flexibility index (Phi) is 8.12. The van der Waals surface area contributed by atoms with Crippen LogP contribution in [0.4, 0.5) is 26.6 Å². The number of rotatable bonds is 6. The molecule has 12 nitrogen and oxygen atoms in total. The number of morpholine rings is 1. The Hall–Kier alpha value is -4.52. The average molecular weight is 580 g/mol. The van der Waals surface area contributed by atoms with Gasteiger partial charge in [0.05, 0.1) is 44.3 Å². The van der Waals surface area contributed by atoms with Crippen molar-refractivity contribution in [2.45, 2.75) is 39.3 Å². The molecule has 3 aromatic rings. The van der Waals surface area contributed by atoms with Crippen LogP contribution in [0.1, 0.15) is 38.1 Å². The third-order valence-corrected chi connectivity index (χ3v) is 7.02. The van der Waals surface area contributed by atoms with E-state index in [9.17, 15) is 9.59 Å². The number of hydrogen-bond acceptors (Lipinski definition) is 9. The number of pyridine rings is 1. The SMILES string of the molecule is CCN1CC(C)(C)Oc2nc(N3CCOCC3C)nc(-c3ccc(NC(=O)Nc4cc(OC)ccn4)c(F)c3)c2C1=O. The number of fused-ring (bicyclic) bond motifs is 1. The third-order valence-electron chi connectivity index (χ3n) is 7.02. The van der Waals surface area contributed by atoms with E-state index in [4.69, 9.17) is 24.2 Å². The van der Waals surface area contributed by atoms with E-state index in [2.05, 4.69) is 15.6 Å². The van der Waals surface area contributed by atoms with Crippen LogP contribution in [0.3, 0.4) is 0 Å². The predicted octanol–water partition coefficient (Wildman–Crippen LogP) is 4.19. The van der Waals surface area contributed by atoms with Crippen molar-refractivity contribution < 1.29 is 28.2 Å². The summed E-state index contributed by atoms with van der Waals surface area (Å²) in [5.41, 5.74) is -0.0542. The van der Waals surface area contributed by atoms with Crippen molar-refractivity contribution >= 4 is 29.4 Å². The van der Waals surface area contributed by atoms with Gasteiger partial charge in [-0.2, -0.15) is 4.98 Å². The fraction of sp³-hybridized carbons (Fsp3) is 0.414. The lowest BCUT2D eigenvalue weighted by molar-refractivity contribution is 0.0541. The highest BCUT2D eigenvalue weighted by molar-refractivity contribution is 6.03. The molecule has 0 aliphatic carbocycles. The summed E-state index contributed by atoms with van der Waals surface area (Å²) in [5.74, 6) is 0.230. The number of aromatic nitrogens is 3. The van der Waals surface area contributed by atoms with Crippen LogP contribution >= 0.6 is 0 Å². The molecule has 13 heteroatoms. The summed E-state index contributed by atoms with van der Waals surface area (Å²) in [7, 11) is 1.50. The van der Waals surface area contributed by atoms with Gasteiger partial charge in [0.25, 0.3) is 5.91 Å². The number of hydrogen-bond donors (Lipinski definition) is 2. The lowest BCUT2D eigenvalue weighted by Crippen LogP contribution is -2.44. The van der Waals surface area contributed by atoms with E-state index in [1.807, 2.05) is 32.6 Å². The summed E-state index contributed by atoms with van der Waals surface area (Å²) in [6.07, 6.45) is 1.48. The summed E-state index contributed by atoms with van der Waals surface area (Å²) in [4.78, 5) is 43.5. The number of ether oxygens (including phenoxy) is 3. The topological polar surface area (TPSA) is 131 Å². The van der Waals surface area contributed by atoms with E-state index < -0.39 is 17.4 Å². The molecule has 1 fully saturated rings. The maximum Gasteiger partial charge on any atom is 0.324 e. The van der Waals surface area contributed by atoms with Crippen LogP contribution in [-0.2, 0) is 4.74 Å². The molecule has 42 heavy (non-hydrogen) atoms. The summed E-state index contributed by atoms with van der Waals surface area (Å²) in [6.45, 7) is 9.99. The van der Waals surface area contributed by atoms with Gasteiger partial charge in [-0.3, -0.25) is 10.1 Å². The Morgan fingerprint density at radius 1 is 1.21 bits per heavy atom. The molecule has 1 aromatic carbocycles. The second-order valence-corrected chi connectivity index (χ2v) is 10.7. The minimum Gasteiger partial charge on any atom is -0.497 e. The Balaban J connectivity index is 1.52. The molecule has 222 valence electrons. The molecule has 1 unspecified atom stereocenters. The number of methoxy groups -OCH3 is 1. The molecule has 2 aromatic heterocycles. The number of amides is 3. The Morgan fingerprint density at radius 2 is 2.02 bits per heavy atom. The average Bonchev–Trinajstić information content (AvgIpc) is 3.06. The first kappa shape index (κ1) is 29.0. The molecule has 1 atom stereocenters. The summed E-state index contributed by atoms with van der Waals surface area (Å²) in [6, 6.07) is 6.70. The van der Waals surface area contributed by atoms with E-state index in [1.54, 1.807) is 17.0 Å². The fourth-order valence-corrected chi connectivity index (χ4v) is 4.94. The zero-order valence-electron chi connectivity index (χ0n) is 24.2. The number of urea groups is 1. The minimum atomic E-state index is -0.722. The van der Waals surface area contributed by atoms with Crippen LogP contribution in [0.15, 0.2) is 36.5 Å². The van der Waals surface area contributed by atoms with Gasteiger partial charge < -0.3 is 29.3 Å². The number of halogens is 1. The van der Waals surface area contributed by atoms with Crippen molar-refractivity contribution in [3.05, 3.63) is 47.9 Å². The van der Waals surface area contributed by atoms with Crippen molar-refractivity contribution in [2.75, 3.05) is 55.5 Å². The highest BCUT2D eigenvalue weighted by atomic mass is 19.1. The molecule has 3 amide bonds. The first-order valence-electron chi connectivity index (χ1n) is 13.7. The van der Waals surface area contributed by atoms with E-state index in [-0.39, 0.29) is 40.6 Å². The maximum atomic E-state index is 15.5. The first-order chi connectivity index (χ1) is 20.1. The van der Waals surface area contributed by atoms with Crippen molar-refractivity contribution in [2.24, 2.45) is 0 Å². The summed E-state index contributed by atoms with van der Waals surface area (Å²) >= 11 is 0. The third kappa shape index (κ3) is 6.05. The van der Waals surface area contributed by atoms with E-state index >= 15 is 4.39 Å². The highest BCUT2D eigenvalue weighted by Crippen LogP contribution is 2.37. The first-order valence-corrected chi connectivity index (χ1v) is 13.7. The van der Waals surface area contributed by atoms with Crippen LogP contribution in [-0.4, -0.2) is 83.4 Å². The van der Waals surface area contributed by atoms with Crippen molar-refractivity contribution in [3.63, 3.8) is 0 Å². The van der Waals surface area contributed by atoms with Gasteiger partial charge in [0.1, 0.15) is 28.5 Å². The maximum absolute atomic E-state index is 15.5. The molecule has 5 rings (SSSR count). The number of benzene rings is 1. The molecule has 2 N–H and O–H groups in total. The van der Waals surface area contributed by atoms with Gasteiger partial charge in [-0.15, -0.1) is 0 Å². The number of carbonyl (C=O) groups excluding carboxylic acids is 2. The zero-order chi connectivity index (χ0) is 30.0. The van der Waals surface area contributed by atoms with Crippen LogP contribution in [0, 0.1) is 5.82 Å². The number of nitrogens with zero attached hydrogens (tertiary/aromatic N) is 5. The van der Waals surface area contributed by atoms with Gasteiger partial charge in [-0.25, -0.2) is 19.2 Å². The molecular weight excluding hydrogens is 545 g/mol. The molecule has 4 heterocycles. The fourth-order valence-electron chi connectivity index (χ4n) is 4.94. The Bertz CT molecular complexity index is 1500. The number of anilines is 3.